The van der Waals surface area contributed by atoms with Gasteiger partial charge in [-0.05, 0) is 36.1 Å². The van der Waals surface area contributed by atoms with Gasteiger partial charge >= 0.3 is 12.1 Å². The minimum atomic E-state index is -0.981. The van der Waals surface area contributed by atoms with Gasteiger partial charge in [0.1, 0.15) is 6.61 Å². The quantitative estimate of drug-likeness (QED) is 0.801. The van der Waals surface area contributed by atoms with Gasteiger partial charge in [-0.3, -0.25) is 4.79 Å². The molecular formula is C23H25NO5. The molecule has 1 unspecified atom stereocenters. The maximum absolute atomic E-state index is 12.6. The van der Waals surface area contributed by atoms with Crippen LogP contribution in [-0.2, 0) is 14.3 Å². The number of hydrogen-bond acceptors (Lipinski definition) is 4. The number of carboxylic acid groups (broad SMARTS) is 1. The third-order valence-electron chi connectivity index (χ3n) is 5.70. The molecule has 0 bridgehead atoms. The van der Waals surface area contributed by atoms with Crippen molar-refractivity contribution in [3.05, 3.63) is 59.7 Å². The first kappa shape index (κ1) is 19.5. The van der Waals surface area contributed by atoms with E-state index in [1.54, 1.807) is 0 Å². The van der Waals surface area contributed by atoms with Crippen molar-refractivity contribution in [3.8, 4) is 11.1 Å². The second-order valence-corrected chi connectivity index (χ2v) is 8.53. The SMILES string of the molecule is CC1(C)CC(CC(=O)O)(NC(=O)OCC2c3ccccc3-c3ccccc32)CO1. The molecule has 1 atom stereocenters. The lowest BCUT2D eigenvalue weighted by molar-refractivity contribution is -0.138. The summed E-state index contributed by atoms with van der Waals surface area (Å²) < 4.78 is 11.3. The Bertz CT molecular complexity index is 908. The molecule has 1 saturated heterocycles. The van der Waals surface area contributed by atoms with Crippen LogP contribution in [0.15, 0.2) is 48.5 Å². The predicted octanol–water partition coefficient (Wildman–Crippen LogP) is 3.94. The molecule has 2 N–H and O–H groups in total. The van der Waals surface area contributed by atoms with Gasteiger partial charge in [-0.25, -0.2) is 4.79 Å². The van der Waals surface area contributed by atoms with Crippen LogP contribution in [0.4, 0.5) is 4.79 Å². The Morgan fingerprint density at radius 3 is 2.21 bits per heavy atom. The molecule has 0 aromatic heterocycles. The molecule has 0 saturated carbocycles. The molecule has 1 fully saturated rings. The molecule has 4 rings (SSSR count). The molecule has 29 heavy (non-hydrogen) atoms. The number of benzene rings is 2. The fourth-order valence-corrected chi connectivity index (χ4v) is 4.63. The summed E-state index contributed by atoms with van der Waals surface area (Å²) in [5, 5.41) is 12.1. The summed E-state index contributed by atoms with van der Waals surface area (Å²) in [6.07, 6.45) is -0.411. The van der Waals surface area contributed by atoms with Crippen LogP contribution in [0.1, 0.15) is 43.7 Å². The van der Waals surface area contributed by atoms with E-state index in [4.69, 9.17) is 9.47 Å². The third-order valence-corrected chi connectivity index (χ3v) is 5.70. The first-order chi connectivity index (χ1) is 13.8. The van der Waals surface area contributed by atoms with Crippen LogP contribution in [0.5, 0.6) is 0 Å². The summed E-state index contributed by atoms with van der Waals surface area (Å²) in [5.74, 6) is -1.02. The fraction of sp³-hybridized carbons (Fsp3) is 0.391. The summed E-state index contributed by atoms with van der Waals surface area (Å²) >= 11 is 0. The maximum atomic E-state index is 12.6. The van der Waals surface area contributed by atoms with Crippen molar-refractivity contribution in [3.63, 3.8) is 0 Å². The number of nitrogens with one attached hydrogen (secondary N) is 1. The molecule has 2 aromatic rings. The Labute approximate surface area is 169 Å². The van der Waals surface area contributed by atoms with Gasteiger partial charge < -0.3 is 19.9 Å². The van der Waals surface area contributed by atoms with Crippen LogP contribution in [-0.4, -0.2) is 41.5 Å². The molecule has 1 heterocycles. The number of ether oxygens (including phenoxy) is 2. The van der Waals surface area contributed by atoms with Crippen molar-refractivity contribution in [1.82, 2.24) is 5.32 Å². The van der Waals surface area contributed by atoms with Crippen molar-refractivity contribution >= 4 is 12.1 Å². The van der Waals surface area contributed by atoms with Crippen LogP contribution < -0.4 is 5.32 Å². The van der Waals surface area contributed by atoms with Crippen LogP contribution in [0.25, 0.3) is 11.1 Å². The predicted molar refractivity (Wildman–Crippen MR) is 108 cm³/mol. The molecule has 1 amide bonds. The van der Waals surface area contributed by atoms with E-state index >= 15 is 0 Å². The summed E-state index contributed by atoms with van der Waals surface area (Å²) in [6, 6.07) is 16.2. The van der Waals surface area contributed by atoms with Crippen molar-refractivity contribution in [1.29, 1.82) is 0 Å². The minimum absolute atomic E-state index is 0.0418. The summed E-state index contributed by atoms with van der Waals surface area (Å²) in [6.45, 7) is 4.11. The summed E-state index contributed by atoms with van der Waals surface area (Å²) in [4.78, 5) is 23.9. The molecule has 1 aliphatic carbocycles. The first-order valence-corrected chi connectivity index (χ1v) is 9.78. The maximum Gasteiger partial charge on any atom is 0.407 e. The number of carbonyl (C=O) groups excluding carboxylic acids is 1. The lowest BCUT2D eigenvalue weighted by Gasteiger charge is -2.28. The average Bonchev–Trinajstić information content (AvgIpc) is 3.13. The van der Waals surface area contributed by atoms with Crippen molar-refractivity contribution < 1.29 is 24.2 Å². The standard InChI is InChI=1S/C23H25NO5/c1-22(2)13-23(14-29-22,11-20(25)26)24-21(27)28-12-19-17-9-5-3-7-15(17)16-8-4-6-10-18(16)19/h3-10,19H,11-14H2,1-2H3,(H,24,27)(H,25,26). The molecule has 6 nitrogen and oxygen atoms in total. The smallest absolute Gasteiger partial charge is 0.407 e. The van der Waals surface area contributed by atoms with Crippen LogP contribution >= 0.6 is 0 Å². The van der Waals surface area contributed by atoms with E-state index in [9.17, 15) is 14.7 Å². The zero-order valence-electron chi connectivity index (χ0n) is 16.6. The zero-order chi connectivity index (χ0) is 20.6. The topological polar surface area (TPSA) is 84.9 Å². The van der Waals surface area contributed by atoms with Gasteiger partial charge in [0.25, 0.3) is 0 Å². The number of aliphatic carboxylic acids is 1. The van der Waals surface area contributed by atoms with Gasteiger partial charge in [-0.2, -0.15) is 0 Å². The number of fused-ring (bicyclic) bond motifs is 3. The molecule has 2 aromatic carbocycles. The van der Waals surface area contributed by atoms with E-state index in [1.165, 1.54) is 0 Å². The fourth-order valence-electron chi connectivity index (χ4n) is 4.63. The number of hydrogen-bond donors (Lipinski definition) is 2. The van der Waals surface area contributed by atoms with E-state index in [-0.39, 0.29) is 25.6 Å². The molecule has 1 aliphatic heterocycles. The Morgan fingerprint density at radius 2 is 1.69 bits per heavy atom. The van der Waals surface area contributed by atoms with E-state index in [2.05, 4.69) is 29.6 Å². The van der Waals surface area contributed by atoms with E-state index in [0.29, 0.717) is 6.42 Å². The molecule has 0 radical (unpaired) electrons. The van der Waals surface area contributed by atoms with Crippen LogP contribution in [0.2, 0.25) is 0 Å². The lowest BCUT2D eigenvalue weighted by Crippen LogP contribution is -2.51. The van der Waals surface area contributed by atoms with E-state index < -0.39 is 23.2 Å². The van der Waals surface area contributed by atoms with Crippen molar-refractivity contribution in [2.75, 3.05) is 13.2 Å². The Kier molecular flexibility index (Phi) is 4.82. The second-order valence-electron chi connectivity index (χ2n) is 8.53. The largest absolute Gasteiger partial charge is 0.481 e. The molecule has 6 heteroatoms. The Hall–Kier alpha value is -2.86. The van der Waals surface area contributed by atoms with E-state index in [1.807, 2.05) is 38.1 Å². The average molecular weight is 395 g/mol. The zero-order valence-corrected chi connectivity index (χ0v) is 16.6. The van der Waals surface area contributed by atoms with Crippen molar-refractivity contribution in [2.45, 2.75) is 43.7 Å². The molecule has 2 aliphatic rings. The summed E-state index contributed by atoms with van der Waals surface area (Å²) in [7, 11) is 0. The first-order valence-electron chi connectivity index (χ1n) is 9.78. The van der Waals surface area contributed by atoms with Gasteiger partial charge in [-0.15, -0.1) is 0 Å². The minimum Gasteiger partial charge on any atom is -0.481 e. The van der Waals surface area contributed by atoms with Gasteiger partial charge in [0, 0.05) is 12.3 Å². The Morgan fingerprint density at radius 1 is 1.10 bits per heavy atom. The van der Waals surface area contributed by atoms with Crippen LogP contribution in [0, 0.1) is 0 Å². The molecule has 0 spiro atoms. The highest BCUT2D eigenvalue weighted by Gasteiger charge is 2.47. The number of rotatable bonds is 5. The molecular weight excluding hydrogens is 370 g/mol. The van der Waals surface area contributed by atoms with Crippen molar-refractivity contribution in [2.24, 2.45) is 0 Å². The number of alkyl carbamates (subject to hydrolysis) is 1. The normalized spacial score (nSPS) is 22.0. The van der Waals surface area contributed by atoms with Gasteiger partial charge in [0.15, 0.2) is 0 Å². The summed E-state index contributed by atoms with van der Waals surface area (Å²) in [5.41, 5.74) is 3.12. The number of carbonyl (C=O) groups is 2. The highest BCUT2D eigenvalue weighted by molar-refractivity contribution is 5.79. The molecule has 152 valence electrons. The second kappa shape index (κ2) is 7.19. The number of carboxylic acids is 1. The van der Waals surface area contributed by atoms with Gasteiger partial charge in [-0.1, -0.05) is 48.5 Å². The Balaban J connectivity index is 1.48. The van der Waals surface area contributed by atoms with Gasteiger partial charge in [0.05, 0.1) is 24.2 Å². The van der Waals surface area contributed by atoms with E-state index in [0.717, 1.165) is 22.3 Å². The third kappa shape index (κ3) is 3.85. The van der Waals surface area contributed by atoms with Gasteiger partial charge in [0.2, 0.25) is 0 Å². The monoisotopic (exact) mass is 395 g/mol. The highest BCUT2D eigenvalue weighted by Crippen LogP contribution is 2.44. The van der Waals surface area contributed by atoms with Crippen LogP contribution in [0.3, 0.4) is 0 Å². The highest BCUT2D eigenvalue weighted by atomic mass is 16.6. The number of amides is 1. The lowest BCUT2D eigenvalue weighted by atomic mass is 9.87.